The van der Waals surface area contributed by atoms with Crippen molar-refractivity contribution in [3.8, 4) is 0 Å². The first kappa shape index (κ1) is 9.30. The lowest BCUT2D eigenvalue weighted by Gasteiger charge is -2.41. The molecule has 2 rings (SSSR count). The van der Waals surface area contributed by atoms with Gasteiger partial charge < -0.3 is 0 Å². The van der Waals surface area contributed by atoms with E-state index in [1.165, 1.54) is 25.7 Å². The van der Waals surface area contributed by atoms with Gasteiger partial charge in [0, 0.05) is 0 Å². The summed E-state index contributed by atoms with van der Waals surface area (Å²) in [6, 6.07) is 0. The summed E-state index contributed by atoms with van der Waals surface area (Å²) in [4.78, 5) is 0. The molecule has 0 aromatic heterocycles. The Balaban J connectivity index is 2.40. The van der Waals surface area contributed by atoms with E-state index in [1.807, 2.05) is 5.57 Å². The van der Waals surface area contributed by atoms with E-state index < -0.39 is 0 Å². The molecule has 1 fully saturated rings. The van der Waals surface area contributed by atoms with E-state index in [2.05, 4.69) is 27.7 Å². The summed E-state index contributed by atoms with van der Waals surface area (Å²) in [7, 11) is 0. The van der Waals surface area contributed by atoms with Gasteiger partial charge in [-0.15, -0.1) is 0 Å². The Hall–Kier alpha value is -0.260. The van der Waals surface area contributed by atoms with Gasteiger partial charge in [0.1, 0.15) is 0 Å². The van der Waals surface area contributed by atoms with E-state index in [-0.39, 0.29) is 0 Å². The van der Waals surface area contributed by atoms with Crippen LogP contribution in [0.3, 0.4) is 0 Å². The zero-order valence-electron chi connectivity index (χ0n) is 9.48. The van der Waals surface area contributed by atoms with Crippen molar-refractivity contribution in [3.63, 3.8) is 0 Å². The number of hydrogen-bond donors (Lipinski definition) is 0. The molecule has 1 saturated carbocycles. The molecule has 0 saturated heterocycles. The molecule has 2 unspecified atom stereocenters. The van der Waals surface area contributed by atoms with Crippen LogP contribution in [0.4, 0.5) is 0 Å². The van der Waals surface area contributed by atoms with Crippen LogP contribution in [0.1, 0.15) is 53.4 Å². The minimum absolute atomic E-state index is 0.468. The third-order valence-electron chi connectivity index (χ3n) is 4.81. The van der Waals surface area contributed by atoms with E-state index in [1.54, 1.807) is 5.57 Å². The van der Waals surface area contributed by atoms with Crippen LogP contribution in [0.5, 0.6) is 0 Å². The molecule has 0 amide bonds. The highest BCUT2D eigenvalue weighted by Gasteiger charge is 2.39. The minimum Gasteiger partial charge on any atom is -0.0679 e. The van der Waals surface area contributed by atoms with E-state index in [0.717, 1.165) is 11.8 Å². The smallest absolute Gasteiger partial charge is 0.0119 e. The zero-order valence-corrected chi connectivity index (χ0v) is 9.48. The molecule has 0 heteroatoms. The lowest BCUT2D eigenvalue weighted by Crippen LogP contribution is -2.30. The molecule has 0 aliphatic heterocycles. The van der Waals surface area contributed by atoms with Crippen molar-refractivity contribution < 1.29 is 0 Å². The van der Waals surface area contributed by atoms with Crippen LogP contribution in [-0.2, 0) is 0 Å². The highest BCUT2D eigenvalue weighted by atomic mass is 14.4. The molecule has 2 aliphatic carbocycles. The van der Waals surface area contributed by atoms with Crippen LogP contribution < -0.4 is 0 Å². The summed E-state index contributed by atoms with van der Waals surface area (Å²) in [5.41, 5.74) is 4.01. The van der Waals surface area contributed by atoms with Crippen molar-refractivity contribution in [2.24, 2.45) is 17.3 Å². The molecule has 0 heterocycles. The highest BCUT2D eigenvalue weighted by molar-refractivity contribution is 5.27. The van der Waals surface area contributed by atoms with Gasteiger partial charge in [-0.1, -0.05) is 31.9 Å². The lowest BCUT2D eigenvalue weighted by atomic mass is 9.64. The zero-order chi connectivity index (χ0) is 9.64. The van der Waals surface area contributed by atoms with E-state index in [9.17, 15) is 0 Å². The quantitative estimate of drug-likeness (QED) is 0.488. The molecule has 0 bridgehead atoms. The first-order valence-corrected chi connectivity index (χ1v) is 5.73. The van der Waals surface area contributed by atoms with Crippen molar-refractivity contribution in [1.82, 2.24) is 0 Å². The van der Waals surface area contributed by atoms with Crippen LogP contribution in [0.15, 0.2) is 11.1 Å². The van der Waals surface area contributed by atoms with E-state index >= 15 is 0 Å². The van der Waals surface area contributed by atoms with Crippen molar-refractivity contribution in [2.45, 2.75) is 53.4 Å². The molecule has 0 aromatic carbocycles. The van der Waals surface area contributed by atoms with Crippen LogP contribution in [0, 0.1) is 17.3 Å². The summed E-state index contributed by atoms with van der Waals surface area (Å²) in [6.45, 7) is 9.66. The molecule has 0 N–H and O–H groups in total. The van der Waals surface area contributed by atoms with Gasteiger partial charge in [0.15, 0.2) is 0 Å². The summed E-state index contributed by atoms with van der Waals surface area (Å²) >= 11 is 0. The van der Waals surface area contributed by atoms with Crippen molar-refractivity contribution >= 4 is 0 Å². The monoisotopic (exact) mass is 178 g/mol. The minimum atomic E-state index is 0.468. The second-order valence-corrected chi connectivity index (χ2v) is 5.60. The first-order chi connectivity index (χ1) is 6.03. The van der Waals surface area contributed by atoms with Crippen LogP contribution >= 0.6 is 0 Å². The van der Waals surface area contributed by atoms with Crippen molar-refractivity contribution in [2.75, 3.05) is 0 Å². The first-order valence-electron chi connectivity index (χ1n) is 5.73. The maximum atomic E-state index is 2.43. The van der Waals surface area contributed by atoms with E-state index in [0.29, 0.717) is 5.41 Å². The highest BCUT2D eigenvalue weighted by Crippen LogP contribution is 2.51. The Morgan fingerprint density at radius 1 is 1.31 bits per heavy atom. The largest absolute Gasteiger partial charge is 0.0679 e. The molecule has 2 aliphatic rings. The summed E-state index contributed by atoms with van der Waals surface area (Å²) < 4.78 is 0. The Kier molecular flexibility index (Phi) is 2.05. The normalized spacial score (nSPS) is 37.8. The summed E-state index contributed by atoms with van der Waals surface area (Å²) in [5.74, 6) is 1.84. The fourth-order valence-corrected chi connectivity index (χ4v) is 3.18. The van der Waals surface area contributed by atoms with Crippen molar-refractivity contribution in [3.05, 3.63) is 11.1 Å². The Morgan fingerprint density at radius 2 is 2.00 bits per heavy atom. The molecule has 2 atom stereocenters. The Bertz CT molecular complexity index is 245. The van der Waals surface area contributed by atoms with Gasteiger partial charge in [0.05, 0.1) is 0 Å². The Labute approximate surface area is 82.4 Å². The van der Waals surface area contributed by atoms with Crippen molar-refractivity contribution in [1.29, 1.82) is 0 Å². The predicted octanol–water partition coefficient (Wildman–Crippen LogP) is 4.17. The second kappa shape index (κ2) is 2.87. The third-order valence-corrected chi connectivity index (χ3v) is 4.81. The average molecular weight is 178 g/mol. The molecule has 0 nitrogen and oxygen atoms in total. The van der Waals surface area contributed by atoms with Crippen LogP contribution in [0.25, 0.3) is 0 Å². The molecular weight excluding hydrogens is 156 g/mol. The number of fused-ring (bicyclic) bond motifs is 1. The van der Waals surface area contributed by atoms with Crippen LogP contribution in [0.2, 0.25) is 0 Å². The number of rotatable bonds is 0. The molecule has 74 valence electrons. The Morgan fingerprint density at radius 3 is 2.69 bits per heavy atom. The summed E-state index contributed by atoms with van der Waals surface area (Å²) in [6.07, 6.45) is 5.75. The fraction of sp³-hybridized carbons (Fsp3) is 0.846. The predicted molar refractivity (Wildman–Crippen MR) is 57.6 cm³/mol. The topological polar surface area (TPSA) is 0 Å². The molecule has 0 aromatic rings. The summed E-state index contributed by atoms with van der Waals surface area (Å²) in [5, 5.41) is 0. The molecular formula is C13H22. The standard InChI is InChI=1S/C13H22/c1-9-8-11-6-5-7-12(11)10(2)13(9,3)4/h9,11H,5-8H2,1-4H3. The van der Waals surface area contributed by atoms with Crippen LogP contribution in [-0.4, -0.2) is 0 Å². The van der Waals surface area contributed by atoms with Gasteiger partial charge in [-0.2, -0.15) is 0 Å². The number of hydrogen-bond acceptors (Lipinski definition) is 0. The SMILES string of the molecule is CC1=C2CCCC2CC(C)C1(C)C. The molecule has 13 heavy (non-hydrogen) atoms. The maximum Gasteiger partial charge on any atom is -0.0119 e. The van der Waals surface area contributed by atoms with Gasteiger partial charge in [0.25, 0.3) is 0 Å². The second-order valence-electron chi connectivity index (χ2n) is 5.60. The maximum absolute atomic E-state index is 2.43. The number of allylic oxidation sites excluding steroid dienone is 2. The van der Waals surface area contributed by atoms with Gasteiger partial charge in [0.2, 0.25) is 0 Å². The lowest BCUT2D eigenvalue weighted by molar-refractivity contribution is 0.219. The van der Waals surface area contributed by atoms with Gasteiger partial charge in [-0.3, -0.25) is 0 Å². The fourth-order valence-electron chi connectivity index (χ4n) is 3.18. The van der Waals surface area contributed by atoms with Gasteiger partial charge in [-0.05, 0) is 49.9 Å². The van der Waals surface area contributed by atoms with Gasteiger partial charge >= 0.3 is 0 Å². The molecule has 0 radical (unpaired) electrons. The molecule has 0 spiro atoms. The third kappa shape index (κ3) is 1.26. The average Bonchev–Trinajstić information content (AvgIpc) is 2.49. The van der Waals surface area contributed by atoms with Gasteiger partial charge in [-0.25, -0.2) is 0 Å². The van der Waals surface area contributed by atoms with E-state index in [4.69, 9.17) is 0 Å².